The molecule has 6 heteroatoms. The van der Waals surface area contributed by atoms with Crippen molar-refractivity contribution < 1.29 is 9.53 Å². The summed E-state index contributed by atoms with van der Waals surface area (Å²) in [5.41, 5.74) is 6.98. The van der Waals surface area contributed by atoms with Crippen molar-refractivity contribution in [3.63, 3.8) is 0 Å². The predicted octanol–water partition coefficient (Wildman–Crippen LogP) is 2.56. The average molecular weight is 350 g/mol. The van der Waals surface area contributed by atoms with Gasteiger partial charge in [0.05, 0.1) is 12.2 Å². The van der Waals surface area contributed by atoms with Crippen LogP contribution in [-0.4, -0.2) is 37.6 Å². The molecule has 1 heterocycles. The zero-order valence-electron chi connectivity index (χ0n) is 10.8. The van der Waals surface area contributed by atoms with Gasteiger partial charge in [-0.15, -0.1) is 12.4 Å². The van der Waals surface area contributed by atoms with Crippen molar-refractivity contribution in [3.8, 4) is 0 Å². The van der Waals surface area contributed by atoms with Gasteiger partial charge in [-0.25, -0.2) is 0 Å². The van der Waals surface area contributed by atoms with E-state index in [1.165, 1.54) is 0 Å². The maximum Gasteiger partial charge on any atom is 0.255 e. The molecule has 1 aromatic rings. The fourth-order valence-electron chi connectivity index (χ4n) is 2.29. The second-order valence-electron chi connectivity index (χ2n) is 4.59. The maximum atomic E-state index is 12.3. The van der Waals surface area contributed by atoms with Crippen LogP contribution < -0.4 is 5.73 Å². The number of methoxy groups -OCH3 is 1. The Morgan fingerprint density at radius 1 is 1.58 bits per heavy atom. The first-order valence-electron chi connectivity index (χ1n) is 5.95. The molecule has 1 fully saturated rings. The van der Waals surface area contributed by atoms with Crippen LogP contribution in [0.5, 0.6) is 0 Å². The van der Waals surface area contributed by atoms with E-state index >= 15 is 0 Å². The molecule has 1 amide bonds. The number of carbonyl (C=O) groups is 1. The molecule has 4 nitrogen and oxygen atoms in total. The molecule has 0 aromatic heterocycles. The molecule has 0 aliphatic carbocycles. The zero-order valence-corrected chi connectivity index (χ0v) is 13.2. The van der Waals surface area contributed by atoms with Crippen LogP contribution in [0.1, 0.15) is 16.8 Å². The van der Waals surface area contributed by atoms with E-state index in [0.29, 0.717) is 23.8 Å². The number of ether oxygens (including phenoxy) is 1. The summed E-state index contributed by atoms with van der Waals surface area (Å²) < 4.78 is 6.01. The summed E-state index contributed by atoms with van der Waals surface area (Å²) in [6.45, 7) is 2.24. The number of hydrogen-bond acceptors (Lipinski definition) is 3. The number of anilines is 1. The van der Waals surface area contributed by atoms with Crippen molar-refractivity contribution in [2.45, 2.75) is 6.42 Å². The second-order valence-corrected chi connectivity index (χ2v) is 5.51. The lowest BCUT2D eigenvalue weighted by molar-refractivity contribution is 0.0776. The van der Waals surface area contributed by atoms with Gasteiger partial charge in [0.25, 0.3) is 5.91 Å². The Morgan fingerprint density at radius 3 is 2.95 bits per heavy atom. The molecule has 1 atom stereocenters. The van der Waals surface area contributed by atoms with Gasteiger partial charge >= 0.3 is 0 Å². The van der Waals surface area contributed by atoms with Crippen LogP contribution >= 0.6 is 28.3 Å². The number of nitrogens with zero attached hydrogens (tertiary/aromatic N) is 1. The molecule has 0 spiro atoms. The average Bonchev–Trinajstić information content (AvgIpc) is 2.77. The second kappa shape index (κ2) is 7.12. The van der Waals surface area contributed by atoms with Crippen LogP contribution in [0.2, 0.25) is 0 Å². The minimum atomic E-state index is 0. The monoisotopic (exact) mass is 348 g/mol. The van der Waals surface area contributed by atoms with Crippen LogP contribution in [0.25, 0.3) is 0 Å². The van der Waals surface area contributed by atoms with E-state index in [-0.39, 0.29) is 18.3 Å². The van der Waals surface area contributed by atoms with E-state index in [1.807, 2.05) is 11.0 Å². The van der Waals surface area contributed by atoms with E-state index in [1.54, 1.807) is 19.2 Å². The third kappa shape index (κ3) is 3.84. The highest BCUT2D eigenvalue weighted by Crippen LogP contribution is 2.23. The molecule has 1 saturated heterocycles. The first-order valence-corrected chi connectivity index (χ1v) is 6.74. The summed E-state index contributed by atoms with van der Waals surface area (Å²) in [6.07, 6.45) is 0.996. The van der Waals surface area contributed by atoms with Crippen LogP contribution in [0.3, 0.4) is 0 Å². The molecule has 2 rings (SSSR count). The van der Waals surface area contributed by atoms with Gasteiger partial charge in [-0.1, -0.05) is 15.9 Å². The molecule has 19 heavy (non-hydrogen) atoms. The summed E-state index contributed by atoms with van der Waals surface area (Å²) in [5, 5.41) is 0. The summed E-state index contributed by atoms with van der Waals surface area (Å²) >= 11 is 3.34. The van der Waals surface area contributed by atoms with Gasteiger partial charge in [0.2, 0.25) is 0 Å². The SMILES string of the molecule is COCC1CCN(C(=O)c2ccc(Br)cc2N)C1.Cl. The molecule has 0 radical (unpaired) electrons. The molecule has 0 saturated carbocycles. The van der Waals surface area contributed by atoms with Crippen molar-refractivity contribution in [2.24, 2.45) is 5.92 Å². The van der Waals surface area contributed by atoms with E-state index in [2.05, 4.69) is 15.9 Å². The van der Waals surface area contributed by atoms with Crippen LogP contribution in [0, 0.1) is 5.92 Å². The van der Waals surface area contributed by atoms with Crippen molar-refractivity contribution in [1.29, 1.82) is 0 Å². The van der Waals surface area contributed by atoms with Gasteiger partial charge in [-0.05, 0) is 24.6 Å². The highest BCUT2D eigenvalue weighted by atomic mass is 79.9. The number of halogens is 2. The Hall–Kier alpha value is -0.780. The maximum absolute atomic E-state index is 12.3. The molecule has 1 aliphatic heterocycles. The minimum Gasteiger partial charge on any atom is -0.398 e. The van der Waals surface area contributed by atoms with Crippen LogP contribution in [-0.2, 0) is 4.74 Å². The Balaban J connectivity index is 0.00000180. The third-order valence-corrected chi connectivity index (χ3v) is 3.71. The largest absolute Gasteiger partial charge is 0.398 e. The summed E-state index contributed by atoms with van der Waals surface area (Å²) in [5.74, 6) is 0.453. The van der Waals surface area contributed by atoms with Crippen molar-refractivity contribution in [1.82, 2.24) is 4.90 Å². The highest BCUT2D eigenvalue weighted by Gasteiger charge is 2.27. The van der Waals surface area contributed by atoms with Crippen LogP contribution in [0.15, 0.2) is 22.7 Å². The Morgan fingerprint density at radius 2 is 2.32 bits per heavy atom. The topological polar surface area (TPSA) is 55.6 Å². The number of likely N-dealkylation sites (tertiary alicyclic amines) is 1. The molecule has 1 aromatic carbocycles. The molecule has 1 unspecified atom stereocenters. The Bertz CT molecular complexity index is 456. The van der Waals surface area contributed by atoms with E-state index in [9.17, 15) is 4.79 Å². The standard InChI is InChI=1S/C13H17BrN2O2.ClH/c1-18-8-9-4-5-16(7-9)13(17)11-3-2-10(14)6-12(11)15;/h2-3,6,9H,4-5,7-8,15H2,1H3;1H. The fourth-order valence-corrected chi connectivity index (χ4v) is 2.67. The smallest absolute Gasteiger partial charge is 0.255 e. The van der Waals surface area contributed by atoms with Gasteiger partial charge in [-0.2, -0.15) is 0 Å². The third-order valence-electron chi connectivity index (χ3n) is 3.22. The Labute approximate surface area is 127 Å². The number of benzene rings is 1. The van der Waals surface area contributed by atoms with Gasteiger partial charge < -0.3 is 15.4 Å². The quantitative estimate of drug-likeness (QED) is 0.853. The molecular weight excluding hydrogens is 332 g/mol. The van der Waals surface area contributed by atoms with Gasteiger partial charge in [-0.3, -0.25) is 4.79 Å². The van der Waals surface area contributed by atoms with E-state index < -0.39 is 0 Å². The number of amides is 1. The normalized spacial score (nSPS) is 18.2. The first-order chi connectivity index (χ1) is 8.61. The number of rotatable bonds is 3. The summed E-state index contributed by atoms with van der Waals surface area (Å²) in [7, 11) is 1.69. The minimum absolute atomic E-state index is 0. The lowest BCUT2D eigenvalue weighted by atomic mass is 10.1. The van der Waals surface area contributed by atoms with Gasteiger partial charge in [0.15, 0.2) is 0 Å². The van der Waals surface area contributed by atoms with Gasteiger partial charge in [0.1, 0.15) is 0 Å². The first kappa shape index (κ1) is 16.3. The highest BCUT2D eigenvalue weighted by molar-refractivity contribution is 9.10. The van der Waals surface area contributed by atoms with E-state index in [4.69, 9.17) is 10.5 Å². The number of nitrogen functional groups attached to an aromatic ring is 1. The molecule has 106 valence electrons. The summed E-state index contributed by atoms with van der Waals surface area (Å²) in [4.78, 5) is 14.2. The lowest BCUT2D eigenvalue weighted by Crippen LogP contribution is -2.29. The van der Waals surface area contributed by atoms with Crippen LogP contribution in [0.4, 0.5) is 5.69 Å². The van der Waals surface area contributed by atoms with Gasteiger partial charge in [0, 0.05) is 36.3 Å². The van der Waals surface area contributed by atoms with Crippen molar-refractivity contribution >= 4 is 39.9 Å². The zero-order chi connectivity index (χ0) is 13.1. The number of hydrogen-bond donors (Lipinski definition) is 1. The molecule has 1 aliphatic rings. The molecular formula is C13H18BrClN2O2. The number of nitrogens with two attached hydrogens (primary N) is 1. The lowest BCUT2D eigenvalue weighted by Gasteiger charge is -2.17. The molecule has 2 N–H and O–H groups in total. The van der Waals surface area contributed by atoms with E-state index in [0.717, 1.165) is 24.0 Å². The number of carbonyl (C=O) groups excluding carboxylic acids is 1. The Kier molecular flexibility index (Phi) is 6.10. The predicted molar refractivity (Wildman–Crippen MR) is 81.7 cm³/mol. The summed E-state index contributed by atoms with van der Waals surface area (Å²) in [6, 6.07) is 5.37. The molecule has 0 bridgehead atoms. The fraction of sp³-hybridized carbons (Fsp3) is 0.462. The van der Waals surface area contributed by atoms with Crippen molar-refractivity contribution in [3.05, 3.63) is 28.2 Å². The van der Waals surface area contributed by atoms with Crippen molar-refractivity contribution in [2.75, 3.05) is 32.5 Å².